The third-order valence-electron chi connectivity index (χ3n) is 3.33. The first-order chi connectivity index (χ1) is 6.59. The van der Waals surface area contributed by atoms with E-state index in [4.69, 9.17) is 10.5 Å². The molecular weight excluding hydrogens is 178 g/mol. The van der Waals surface area contributed by atoms with Gasteiger partial charge in [-0.25, -0.2) is 0 Å². The maximum atomic E-state index is 11.9. The summed E-state index contributed by atoms with van der Waals surface area (Å²) in [6, 6.07) is 0. The minimum Gasteiger partial charge on any atom is -0.466 e. The van der Waals surface area contributed by atoms with Crippen molar-refractivity contribution in [1.29, 1.82) is 0 Å². The van der Waals surface area contributed by atoms with E-state index >= 15 is 0 Å². The van der Waals surface area contributed by atoms with Gasteiger partial charge >= 0.3 is 5.97 Å². The maximum Gasteiger partial charge on any atom is 0.313 e. The molecule has 3 nitrogen and oxygen atoms in total. The van der Waals surface area contributed by atoms with Crippen molar-refractivity contribution in [2.24, 2.45) is 23.0 Å². The number of hydrogen-bond acceptors (Lipinski definition) is 3. The maximum absolute atomic E-state index is 11.9. The summed E-state index contributed by atoms with van der Waals surface area (Å²) in [6.45, 7) is 6.81. The van der Waals surface area contributed by atoms with Crippen LogP contribution in [-0.4, -0.2) is 19.1 Å². The van der Waals surface area contributed by atoms with E-state index in [1.165, 1.54) is 0 Å². The summed E-state index contributed by atoms with van der Waals surface area (Å²) in [5, 5.41) is 0. The number of nitrogens with two attached hydrogens (primary N) is 1. The molecule has 2 N–H and O–H groups in total. The second kappa shape index (κ2) is 4.30. The van der Waals surface area contributed by atoms with Gasteiger partial charge in [-0.05, 0) is 31.6 Å². The molecule has 0 aromatic rings. The molecule has 14 heavy (non-hydrogen) atoms. The van der Waals surface area contributed by atoms with Gasteiger partial charge in [0.1, 0.15) is 0 Å². The second-order valence-corrected chi connectivity index (χ2v) is 4.39. The van der Waals surface area contributed by atoms with Crippen LogP contribution in [0.15, 0.2) is 0 Å². The molecule has 1 unspecified atom stereocenters. The van der Waals surface area contributed by atoms with Crippen LogP contribution >= 0.6 is 0 Å². The molecule has 0 spiro atoms. The minimum absolute atomic E-state index is 0.0972. The van der Waals surface area contributed by atoms with Gasteiger partial charge in [0.05, 0.1) is 12.0 Å². The first-order valence-corrected chi connectivity index (χ1v) is 5.46. The molecule has 3 heteroatoms. The van der Waals surface area contributed by atoms with Gasteiger partial charge in [0.2, 0.25) is 0 Å². The van der Waals surface area contributed by atoms with Crippen molar-refractivity contribution < 1.29 is 9.53 Å². The molecule has 0 aromatic carbocycles. The summed E-state index contributed by atoms with van der Waals surface area (Å²) in [5.41, 5.74) is 5.36. The summed E-state index contributed by atoms with van der Waals surface area (Å²) in [4.78, 5) is 11.9. The molecule has 1 fully saturated rings. The molecule has 82 valence electrons. The van der Waals surface area contributed by atoms with Crippen LogP contribution in [0, 0.1) is 17.3 Å². The summed E-state index contributed by atoms with van der Waals surface area (Å²) >= 11 is 0. The molecule has 1 rings (SSSR count). The van der Waals surface area contributed by atoms with Crippen LogP contribution < -0.4 is 5.73 Å². The lowest BCUT2D eigenvalue weighted by atomic mass is 9.73. The zero-order chi connectivity index (χ0) is 10.8. The van der Waals surface area contributed by atoms with Crippen LogP contribution in [0.2, 0.25) is 0 Å². The highest BCUT2D eigenvalue weighted by atomic mass is 16.5. The zero-order valence-electron chi connectivity index (χ0n) is 9.38. The quantitative estimate of drug-likeness (QED) is 0.684. The van der Waals surface area contributed by atoms with Crippen LogP contribution in [0.1, 0.15) is 33.6 Å². The number of rotatable bonds is 5. The van der Waals surface area contributed by atoms with E-state index in [1.807, 2.05) is 6.92 Å². The van der Waals surface area contributed by atoms with Gasteiger partial charge in [-0.2, -0.15) is 0 Å². The average molecular weight is 199 g/mol. The highest BCUT2D eigenvalue weighted by Gasteiger charge is 2.52. The Balaban J connectivity index is 2.82. The lowest BCUT2D eigenvalue weighted by Crippen LogP contribution is -2.46. The standard InChI is InChI=1S/C11H21NO2/c1-4-14-10(13)11(7-12,8(2)3)9-5-6-9/h8-9H,4-7,12H2,1-3H3. The summed E-state index contributed by atoms with van der Waals surface area (Å²) in [6.07, 6.45) is 2.24. The molecule has 1 aliphatic carbocycles. The molecule has 0 bridgehead atoms. The lowest BCUT2D eigenvalue weighted by Gasteiger charge is -2.34. The highest BCUT2D eigenvalue weighted by molar-refractivity contribution is 5.78. The number of carbonyl (C=O) groups is 1. The van der Waals surface area contributed by atoms with E-state index in [9.17, 15) is 4.79 Å². The van der Waals surface area contributed by atoms with Crippen molar-refractivity contribution >= 4 is 5.97 Å². The molecule has 0 radical (unpaired) electrons. The van der Waals surface area contributed by atoms with Gasteiger partial charge in [-0.3, -0.25) is 4.79 Å². The predicted molar refractivity (Wildman–Crippen MR) is 55.7 cm³/mol. The summed E-state index contributed by atoms with van der Waals surface area (Å²) in [5.74, 6) is 0.616. The van der Waals surface area contributed by atoms with Gasteiger partial charge < -0.3 is 10.5 Å². The Labute approximate surface area is 86.0 Å². The normalized spacial score (nSPS) is 20.6. The van der Waals surface area contributed by atoms with Gasteiger partial charge in [0, 0.05) is 6.54 Å². The Morgan fingerprint density at radius 1 is 1.57 bits per heavy atom. The fourth-order valence-corrected chi connectivity index (χ4v) is 2.22. The van der Waals surface area contributed by atoms with Crippen molar-refractivity contribution in [2.75, 3.05) is 13.2 Å². The van der Waals surface area contributed by atoms with E-state index in [-0.39, 0.29) is 11.9 Å². The van der Waals surface area contributed by atoms with Crippen molar-refractivity contribution in [3.63, 3.8) is 0 Å². The summed E-state index contributed by atoms with van der Waals surface area (Å²) < 4.78 is 5.14. The monoisotopic (exact) mass is 199 g/mol. The van der Waals surface area contributed by atoms with Gasteiger partial charge in [0.25, 0.3) is 0 Å². The number of ether oxygens (including phenoxy) is 1. The highest BCUT2D eigenvalue weighted by Crippen LogP contribution is 2.50. The van der Waals surface area contributed by atoms with Gasteiger partial charge in [-0.15, -0.1) is 0 Å². The fraction of sp³-hybridized carbons (Fsp3) is 0.909. The first-order valence-electron chi connectivity index (χ1n) is 5.46. The molecule has 0 amide bonds. The molecule has 1 aliphatic rings. The third kappa shape index (κ3) is 1.78. The van der Waals surface area contributed by atoms with E-state index in [1.54, 1.807) is 0 Å². The molecule has 1 atom stereocenters. The lowest BCUT2D eigenvalue weighted by molar-refractivity contribution is -0.159. The number of esters is 1. The van der Waals surface area contributed by atoms with Gasteiger partial charge in [-0.1, -0.05) is 13.8 Å². The number of carbonyl (C=O) groups excluding carboxylic acids is 1. The van der Waals surface area contributed by atoms with E-state index < -0.39 is 5.41 Å². The Morgan fingerprint density at radius 2 is 2.14 bits per heavy atom. The SMILES string of the molecule is CCOC(=O)C(CN)(C(C)C)C1CC1. The van der Waals surface area contributed by atoms with E-state index in [0.29, 0.717) is 19.1 Å². The zero-order valence-corrected chi connectivity index (χ0v) is 9.38. The number of hydrogen-bond donors (Lipinski definition) is 1. The Bertz CT molecular complexity index is 207. The fourth-order valence-electron chi connectivity index (χ4n) is 2.22. The van der Waals surface area contributed by atoms with E-state index in [2.05, 4.69) is 13.8 Å². The molecule has 0 heterocycles. The van der Waals surface area contributed by atoms with Crippen molar-refractivity contribution in [1.82, 2.24) is 0 Å². The van der Waals surface area contributed by atoms with Gasteiger partial charge in [0.15, 0.2) is 0 Å². The molecule has 0 aliphatic heterocycles. The van der Waals surface area contributed by atoms with Crippen LogP contribution in [-0.2, 0) is 9.53 Å². The molecule has 1 saturated carbocycles. The van der Waals surface area contributed by atoms with Crippen LogP contribution in [0.3, 0.4) is 0 Å². The average Bonchev–Trinajstić information content (AvgIpc) is 2.90. The third-order valence-corrected chi connectivity index (χ3v) is 3.33. The Morgan fingerprint density at radius 3 is 2.43 bits per heavy atom. The van der Waals surface area contributed by atoms with Crippen LogP contribution in [0.4, 0.5) is 0 Å². The van der Waals surface area contributed by atoms with Crippen molar-refractivity contribution in [3.05, 3.63) is 0 Å². The van der Waals surface area contributed by atoms with E-state index in [0.717, 1.165) is 12.8 Å². The predicted octanol–water partition coefficient (Wildman–Crippen LogP) is 1.56. The second-order valence-electron chi connectivity index (χ2n) is 4.39. The smallest absolute Gasteiger partial charge is 0.313 e. The Hall–Kier alpha value is -0.570. The molecule has 0 aromatic heterocycles. The first kappa shape index (κ1) is 11.5. The summed E-state index contributed by atoms with van der Waals surface area (Å²) in [7, 11) is 0. The topological polar surface area (TPSA) is 52.3 Å². The van der Waals surface area contributed by atoms with Crippen LogP contribution in [0.25, 0.3) is 0 Å². The van der Waals surface area contributed by atoms with Crippen molar-refractivity contribution in [3.8, 4) is 0 Å². The van der Waals surface area contributed by atoms with Crippen molar-refractivity contribution in [2.45, 2.75) is 33.6 Å². The molecular formula is C11H21NO2. The molecule has 0 saturated heterocycles. The minimum atomic E-state index is -0.421. The largest absolute Gasteiger partial charge is 0.466 e. The van der Waals surface area contributed by atoms with Crippen LogP contribution in [0.5, 0.6) is 0 Å². The Kier molecular flexibility index (Phi) is 3.53.